The Labute approximate surface area is 82.7 Å². The Balaban J connectivity index is 1.99. The Kier molecular flexibility index (Phi) is 4.74. The van der Waals surface area contributed by atoms with Crippen LogP contribution in [0.3, 0.4) is 0 Å². The molecular weight excluding hydrogens is 160 g/mol. The summed E-state index contributed by atoms with van der Waals surface area (Å²) < 4.78 is 0. The number of likely N-dealkylation sites (N-methyl/N-ethyl adjacent to an activating group) is 1. The van der Waals surface area contributed by atoms with Crippen molar-refractivity contribution >= 4 is 0 Å². The van der Waals surface area contributed by atoms with Crippen LogP contribution in [0.25, 0.3) is 0 Å². The second kappa shape index (κ2) is 5.61. The van der Waals surface area contributed by atoms with Gasteiger partial charge < -0.3 is 10.2 Å². The topological polar surface area (TPSA) is 15.3 Å². The van der Waals surface area contributed by atoms with E-state index in [1.54, 1.807) is 0 Å². The molecule has 0 bridgehead atoms. The fourth-order valence-corrected chi connectivity index (χ4v) is 1.89. The second-order valence-corrected chi connectivity index (χ2v) is 4.62. The monoisotopic (exact) mass is 184 g/mol. The van der Waals surface area contributed by atoms with E-state index in [9.17, 15) is 0 Å². The van der Waals surface area contributed by atoms with Crippen LogP contribution < -0.4 is 5.32 Å². The van der Waals surface area contributed by atoms with E-state index in [2.05, 4.69) is 31.2 Å². The number of hydrogen-bond acceptors (Lipinski definition) is 2. The van der Waals surface area contributed by atoms with Crippen LogP contribution >= 0.6 is 0 Å². The maximum Gasteiger partial charge on any atom is 0.0186 e. The Bertz CT molecular complexity index is 126. The summed E-state index contributed by atoms with van der Waals surface area (Å²) in [6, 6.07) is 0.654. The molecule has 2 nitrogen and oxygen atoms in total. The van der Waals surface area contributed by atoms with Crippen molar-refractivity contribution in [1.82, 2.24) is 10.2 Å². The van der Waals surface area contributed by atoms with Crippen molar-refractivity contribution in [2.75, 3.05) is 27.2 Å². The van der Waals surface area contributed by atoms with Crippen LogP contribution in [0.1, 0.15) is 32.6 Å². The first-order valence-electron chi connectivity index (χ1n) is 5.57. The van der Waals surface area contributed by atoms with Crippen LogP contribution in [0, 0.1) is 5.92 Å². The van der Waals surface area contributed by atoms with Gasteiger partial charge in [0.2, 0.25) is 0 Å². The Morgan fingerprint density at radius 3 is 2.46 bits per heavy atom. The van der Waals surface area contributed by atoms with E-state index in [1.165, 1.54) is 32.2 Å². The van der Waals surface area contributed by atoms with Crippen LogP contribution in [0.2, 0.25) is 0 Å². The molecule has 1 rings (SSSR count). The van der Waals surface area contributed by atoms with Gasteiger partial charge in [0.25, 0.3) is 0 Å². The first-order valence-corrected chi connectivity index (χ1v) is 5.57. The highest BCUT2D eigenvalue weighted by Crippen LogP contribution is 2.23. The minimum absolute atomic E-state index is 0.654. The minimum atomic E-state index is 0.654. The molecule has 1 saturated carbocycles. The predicted molar refractivity (Wildman–Crippen MR) is 58.0 cm³/mol. The molecule has 0 aliphatic heterocycles. The molecule has 1 aliphatic rings. The molecule has 0 aromatic rings. The van der Waals surface area contributed by atoms with Crippen LogP contribution in [-0.4, -0.2) is 38.1 Å². The van der Waals surface area contributed by atoms with Crippen LogP contribution in [0.5, 0.6) is 0 Å². The third-order valence-electron chi connectivity index (χ3n) is 3.23. The highest BCUT2D eigenvalue weighted by atomic mass is 15.1. The van der Waals surface area contributed by atoms with E-state index < -0.39 is 0 Å². The van der Waals surface area contributed by atoms with Gasteiger partial charge in [0.1, 0.15) is 0 Å². The molecule has 1 aliphatic carbocycles. The lowest BCUT2D eigenvalue weighted by Gasteiger charge is -2.21. The van der Waals surface area contributed by atoms with Crippen molar-refractivity contribution in [2.45, 2.75) is 38.6 Å². The van der Waals surface area contributed by atoms with E-state index >= 15 is 0 Å². The highest BCUT2D eigenvalue weighted by Gasteiger charge is 2.14. The zero-order valence-corrected chi connectivity index (χ0v) is 9.34. The van der Waals surface area contributed by atoms with Crippen molar-refractivity contribution < 1.29 is 0 Å². The van der Waals surface area contributed by atoms with Crippen molar-refractivity contribution in [3.05, 3.63) is 0 Å². The van der Waals surface area contributed by atoms with Crippen LogP contribution in [-0.2, 0) is 0 Å². The lowest BCUT2D eigenvalue weighted by atomic mass is 10.1. The average Bonchev–Trinajstić information content (AvgIpc) is 2.56. The normalized spacial score (nSPS) is 21.2. The molecule has 0 aromatic heterocycles. The minimum Gasteiger partial charge on any atom is -0.315 e. The molecule has 0 saturated heterocycles. The predicted octanol–water partition coefficient (Wildman–Crippen LogP) is 1.72. The maximum absolute atomic E-state index is 3.57. The van der Waals surface area contributed by atoms with Gasteiger partial charge in [-0.2, -0.15) is 0 Å². The van der Waals surface area contributed by atoms with E-state index in [0.717, 1.165) is 12.5 Å². The fraction of sp³-hybridized carbons (Fsp3) is 1.00. The lowest BCUT2D eigenvalue weighted by molar-refractivity contribution is 0.297. The van der Waals surface area contributed by atoms with E-state index in [1.807, 2.05) is 0 Å². The molecule has 0 spiro atoms. The Hall–Kier alpha value is -0.0800. The van der Waals surface area contributed by atoms with Crippen molar-refractivity contribution in [1.29, 1.82) is 0 Å². The van der Waals surface area contributed by atoms with E-state index in [4.69, 9.17) is 0 Å². The second-order valence-electron chi connectivity index (χ2n) is 4.62. The molecule has 1 unspecified atom stereocenters. The third kappa shape index (κ3) is 4.10. The quantitative estimate of drug-likeness (QED) is 0.700. The molecule has 1 N–H and O–H groups in total. The molecular formula is C11H24N2. The van der Waals surface area contributed by atoms with Crippen molar-refractivity contribution in [3.8, 4) is 0 Å². The van der Waals surface area contributed by atoms with Gasteiger partial charge in [0.15, 0.2) is 0 Å². The number of hydrogen-bond donors (Lipinski definition) is 1. The zero-order valence-electron chi connectivity index (χ0n) is 9.34. The first-order chi connectivity index (χ1) is 6.20. The first kappa shape index (κ1) is 11.0. The zero-order chi connectivity index (χ0) is 9.68. The van der Waals surface area contributed by atoms with Gasteiger partial charge in [0, 0.05) is 12.6 Å². The van der Waals surface area contributed by atoms with Gasteiger partial charge in [-0.3, -0.25) is 0 Å². The number of nitrogens with one attached hydrogen (secondary N) is 1. The molecule has 0 radical (unpaired) electrons. The smallest absolute Gasteiger partial charge is 0.0186 e. The molecule has 0 heterocycles. The summed E-state index contributed by atoms with van der Waals surface area (Å²) in [6.07, 6.45) is 5.80. The number of rotatable bonds is 5. The summed E-state index contributed by atoms with van der Waals surface area (Å²) in [4.78, 5) is 2.27. The average molecular weight is 184 g/mol. The van der Waals surface area contributed by atoms with Crippen molar-refractivity contribution in [2.24, 2.45) is 5.92 Å². The van der Waals surface area contributed by atoms with Gasteiger partial charge in [0.05, 0.1) is 0 Å². The van der Waals surface area contributed by atoms with Gasteiger partial charge in [-0.15, -0.1) is 0 Å². The summed E-state index contributed by atoms with van der Waals surface area (Å²) in [6.45, 7) is 4.63. The standard InChI is InChI=1S/C11H24N2/c1-10(13(2)3)8-12-9-11-6-4-5-7-11/h10-12H,4-9H2,1-3H3. The van der Waals surface area contributed by atoms with Gasteiger partial charge >= 0.3 is 0 Å². The molecule has 0 aromatic carbocycles. The summed E-state index contributed by atoms with van der Waals surface area (Å²) >= 11 is 0. The molecule has 2 heteroatoms. The summed E-state index contributed by atoms with van der Waals surface area (Å²) in [5.74, 6) is 0.967. The molecule has 1 fully saturated rings. The largest absolute Gasteiger partial charge is 0.315 e. The van der Waals surface area contributed by atoms with E-state index in [0.29, 0.717) is 6.04 Å². The van der Waals surface area contributed by atoms with Gasteiger partial charge in [-0.25, -0.2) is 0 Å². The van der Waals surface area contributed by atoms with E-state index in [-0.39, 0.29) is 0 Å². The van der Waals surface area contributed by atoms with Gasteiger partial charge in [-0.1, -0.05) is 12.8 Å². The Morgan fingerprint density at radius 2 is 1.92 bits per heavy atom. The SMILES string of the molecule is CC(CNCC1CCCC1)N(C)C. The summed E-state index contributed by atoms with van der Waals surface area (Å²) in [5, 5.41) is 3.57. The molecule has 78 valence electrons. The summed E-state index contributed by atoms with van der Waals surface area (Å²) in [5.41, 5.74) is 0. The molecule has 1 atom stereocenters. The van der Waals surface area contributed by atoms with Crippen LogP contribution in [0.15, 0.2) is 0 Å². The molecule has 13 heavy (non-hydrogen) atoms. The maximum atomic E-state index is 3.57. The van der Waals surface area contributed by atoms with Crippen LogP contribution in [0.4, 0.5) is 0 Å². The molecule has 0 amide bonds. The third-order valence-corrected chi connectivity index (χ3v) is 3.23. The Morgan fingerprint density at radius 1 is 1.31 bits per heavy atom. The highest BCUT2D eigenvalue weighted by molar-refractivity contribution is 4.71. The fourth-order valence-electron chi connectivity index (χ4n) is 1.89. The lowest BCUT2D eigenvalue weighted by Crippen LogP contribution is -2.37. The summed E-state index contributed by atoms with van der Waals surface area (Å²) in [7, 11) is 4.28. The van der Waals surface area contributed by atoms with Gasteiger partial charge in [-0.05, 0) is 46.3 Å². The van der Waals surface area contributed by atoms with Crippen molar-refractivity contribution in [3.63, 3.8) is 0 Å². The number of nitrogens with zero attached hydrogens (tertiary/aromatic N) is 1.